The van der Waals surface area contributed by atoms with Crippen LogP contribution in [0.1, 0.15) is 40.7 Å². The van der Waals surface area contributed by atoms with Gasteiger partial charge >= 0.3 is 0 Å². The van der Waals surface area contributed by atoms with E-state index in [4.69, 9.17) is 0 Å². The molecule has 3 rings (SSSR count). The predicted octanol–water partition coefficient (Wildman–Crippen LogP) is 2.24. The van der Waals surface area contributed by atoms with Crippen LogP contribution >= 0.6 is 0 Å². The van der Waals surface area contributed by atoms with Gasteiger partial charge in [0.05, 0.1) is 5.56 Å². The molecule has 2 aromatic rings. The fourth-order valence-electron chi connectivity index (χ4n) is 3.08. The number of nitrogens with one attached hydrogen (secondary N) is 1. The number of pyridine rings is 1. The molecule has 0 unspecified atom stereocenters. The minimum absolute atomic E-state index is 0.164. The SMILES string of the molecule is O=C(NCc1ccccc1CN1CCCCC1)c1cc[n+]([O-])cc1. The summed E-state index contributed by atoms with van der Waals surface area (Å²) < 4.78 is 0.671. The van der Waals surface area contributed by atoms with E-state index >= 15 is 0 Å². The molecule has 0 spiro atoms. The lowest BCUT2D eigenvalue weighted by molar-refractivity contribution is -0.605. The van der Waals surface area contributed by atoms with Gasteiger partial charge in [0.15, 0.2) is 12.4 Å². The molecule has 126 valence electrons. The molecular formula is C19H23N3O2. The van der Waals surface area contributed by atoms with Crippen molar-refractivity contribution >= 4 is 5.91 Å². The first kappa shape index (κ1) is 16.5. The maximum Gasteiger partial charge on any atom is 0.252 e. The molecule has 0 bridgehead atoms. The maximum absolute atomic E-state index is 12.2. The number of aromatic nitrogens is 1. The van der Waals surface area contributed by atoms with Gasteiger partial charge in [0.25, 0.3) is 5.91 Å². The summed E-state index contributed by atoms with van der Waals surface area (Å²) in [6, 6.07) is 11.3. The van der Waals surface area contributed by atoms with Gasteiger partial charge in [-0.3, -0.25) is 9.69 Å². The molecule has 1 aromatic carbocycles. The van der Waals surface area contributed by atoms with E-state index in [9.17, 15) is 10.0 Å². The molecule has 0 radical (unpaired) electrons. The Morgan fingerprint density at radius 3 is 2.42 bits per heavy atom. The number of amides is 1. The highest BCUT2D eigenvalue weighted by Crippen LogP contribution is 2.16. The van der Waals surface area contributed by atoms with Crippen LogP contribution in [0.3, 0.4) is 0 Å². The van der Waals surface area contributed by atoms with E-state index in [0.717, 1.165) is 25.2 Å². The number of hydrogen-bond donors (Lipinski definition) is 1. The van der Waals surface area contributed by atoms with E-state index in [1.807, 2.05) is 6.07 Å². The summed E-state index contributed by atoms with van der Waals surface area (Å²) in [5, 5.41) is 14.0. The van der Waals surface area contributed by atoms with Crippen molar-refractivity contribution in [3.63, 3.8) is 0 Å². The third kappa shape index (κ3) is 4.32. The van der Waals surface area contributed by atoms with Crippen LogP contribution in [0.4, 0.5) is 0 Å². The van der Waals surface area contributed by atoms with Gasteiger partial charge < -0.3 is 10.5 Å². The first-order valence-corrected chi connectivity index (χ1v) is 8.48. The molecule has 1 aliphatic heterocycles. The van der Waals surface area contributed by atoms with Gasteiger partial charge in [-0.05, 0) is 37.1 Å². The summed E-state index contributed by atoms with van der Waals surface area (Å²) in [7, 11) is 0. The lowest BCUT2D eigenvalue weighted by atomic mass is 10.0. The summed E-state index contributed by atoms with van der Waals surface area (Å²) in [4.78, 5) is 14.7. The molecule has 1 aliphatic rings. The standard InChI is InChI=1S/C19H23N3O2/c23-19(16-8-12-22(24)13-9-16)20-14-17-6-2-3-7-18(17)15-21-10-4-1-5-11-21/h2-3,6-9,12-13H,1,4-5,10-11,14-15H2,(H,20,23). The number of nitrogens with zero attached hydrogens (tertiary/aromatic N) is 2. The molecule has 5 heteroatoms. The van der Waals surface area contributed by atoms with Crippen LogP contribution in [-0.2, 0) is 13.1 Å². The van der Waals surface area contributed by atoms with Gasteiger partial charge in [0.2, 0.25) is 0 Å². The number of carbonyl (C=O) groups excluding carboxylic acids is 1. The highest BCUT2D eigenvalue weighted by Gasteiger charge is 2.13. The van der Waals surface area contributed by atoms with Crippen LogP contribution in [0.2, 0.25) is 0 Å². The van der Waals surface area contributed by atoms with Gasteiger partial charge in [0.1, 0.15) is 0 Å². The van der Waals surface area contributed by atoms with Gasteiger partial charge in [-0.15, -0.1) is 0 Å². The first-order valence-electron chi connectivity index (χ1n) is 8.48. The highest BCUT2D eigenvalue weighted by molar-refractivity contribution is 5.93. The fraction of sp³-hybridized carbons (Fsp3) is 0.368. The van der Waals surface area contributed by atoms with Crippen LogP contribution < -0.4 is 10.0 Å². The normalized spacial score (nSPS) is 15.2. The molecule has 0 saturated carbocycles. The quantitative estimate of drug-likeness (QED) is 0.677. The molecule has 0 atom stereocenters. The van der Waals surface area contributed by atoms with Crippen molar-refractivity contribution in [2.24, 2.45) is 0 Å². The number of rotatable bonds is 5. The van der Waals surface area contributed by atoms with Crippen molar-refractivity contribution < 1.29 is 9.52 Å². The van der Waals surface area contributed by atoms with Gasteiger partial charge in [-0.25, -0.2) is 0 Å². The third-order valence-corrected chi connectivity index (χ3v) is 4.46. The lowest BCUT2D eigenvalue weighted by Crippen LogP contribution is -2.30. The van der Waals surface area contributed by atoms with E-state index < -0.39 is 0 Å². The Kier molecular flexibility index (Phi) is 5.43. The van der Waals surface area contributed by atoms with E-state index in [-0.39, 0.29) is 5.91 Å². The molecule has 0 aliphatic carbocycles. The summed E-state index contributed by atoms with van der Waals surface area (Å²) in [6.45, 7) is 3.74. The average Bonchev–Trinajstić information content (AvgIpc) is 2.62. The summed E-state index contributed by atoms with van der Waals surface area (Å²) in [5.41, 5.74) is 2.91. The summed E-state index contributed by atoms with van der Waals surface area (Å²) in [5.74, 6) is -0.164. The summed E-state index contributed by atoms with van der Waals surface area (Å²) in [6.07, 6.45) is 6.53. The van der Waals surface area contributed by atoms with E-state index in [1.165, 1.54) is 49.4 Å². The first-order chi connectivity index (χ1) is 11.7. The van der Waals surface area contributed by atoms with Gasteiger partial charge in [-0.1, -0.05) is 30.7 Å². The molecular weight excluding hydrogens is 302 g/mol. The maximum atomic E-state index is 12.2. The topological polar surface area (TPSA) is 59.3 Å². The monoisotopic (exact) mass is 325 g/mol. The Bertz CT molecular complexity index is 679. The van der Waals surface area contributed by atoms with Gasteiger partial charge in [-0.2, -0.15) is 4.73 Å². The Morgan fingerprint density at radius 1 is 1.04 bits per heavy atom. The van der Waals surface area contributed by atoms with Crippen molar-refractivity contribution in [3.05, 3.63) is 70.7 Å². The molecule has 1 saturated heterocycles. The third-order valence-electron chi connectivity index (χ3n) is 4.46. The second kappa shape index (κ2) is 7.93. The van der Waals surface area contributed by atoms with E-state index in [0.29, 0.717) is 16.8 Å². The minimum atomic E-state index is -0.164. The van der Waals surface area contributed by atoms with Crippen LogP contribution in [0.15, 0.2) is 48.8 Å². The van der Waals surface area contributed by atoms with Crippen LogP contribution in [0.5, 0.6) is 0 Å². The zero-order valence-electron chi connectivity index (χ0n) is 13.8. The second-order valence-electron chi connectivity index (χ2n) is 6.23. The Labute approximate surface area is 142 Å². The largest absolute Gasteiger partial charge is 0.619 e. The van der Waals surface area contributed by atoms with Crippen molar-refractivity contribution in [2.45, 2.75) is 32.4 Å². The zero-order valence-corrected chi connectivity index (χ0v) is 13.8. The van der Waals surface area contributed by atoms with Crippen molar-refractivity contribution in [2.75, 3.05) is 13.1 Å². The molecule has 1 fully saturated rings. The lowest BCUT2D eigenvalue weighted by Gasteiger charge is -2.27. The van der Waals surface area contributed by atoms with Crippen molar-refractivity contribution in [1.29, 1.82) is 0 Å². The van der Waals surface area contributed by atoms with Crippen LogP contribution in [0, 0.1) is 5.21 Å². The Hall–Kier alpha value is -2.40. The number of likely N-dealkylation sites (tertiary alicyclic amines) is 1. The molecule has 1 N–H and O–H groups in total. The molecule has 1 amide bonds. The summed E-state index contributed by atoms with van der Waals surface area (Å²) >= 11 is 0. The highest BCUT2D eigenvalue weighted by atomic mass is 16.5. The zero-order chi connectivity index (χ0) is 16.8. The Balaban J connectivity index is 1.62. The van der Waals surface area contributed by atoms with Crippen molar-refractivity contribution in [1.82, 2.24) is 10.2 Å². The van der Waals surface area contributed by atoms with E-state index in [2.05, 4.69) is 28.4 Å². The van der Waals surface area contributed by atoms with E-state index in [1.54, 1.807) is 0 Å². The Morgan fingerprint density at radius 2 is 1.71 bits per heavy atom. The molecule has 1 aromatic heterocycles. The number of piperidine rings is 1. The minimum Gasteiger partial charge on any atom is -0.619 e. The predicted molar refractivity (Wildman–Crippen MR) is 92.1 cm³/mol. The van der Waals surface area contributed by atoms with Crippen LogP contribution in [0.25, 0.3) is 0 Å². The van der Waals surface area contributed by atoms with Crippen LogP contribution in [-0.4, -0.2) is 23.9 Å². The molecule has 5 nitrogen and oxygen atoms in total. The fourth-order valence-corrected chi connectivity index (χ4v) is 3.08. The average molecular weight is 325 g/mol. The molecule has 24 heavy (non-hydrogen) atoms. The molecule has 2 heterocycles. The number of carbonyl (C=O) groups is 1. The number of benzene rings is 1. The number of hydrogen-bond acceptors (Lipinski definition) is 3. The second-order valence-corrected chi connectivity index (χ2v) is 6.23. The van der Waals surface area contributed by atoms with Gasteiger partial charge in [0, 0.05) is 25.2 Å². The smallest absolute Gasteiger partial charge is 0.252 e. The van der Waals surface area contributed by atoms with Crippen molar-refractivity contribution in [3.8, 4) is 0 Å².